The first-order valence-corrected chi connectivity index (χ1v) is 5.26. The van der Waals surface area contributed by atoms with Crippen LogP contribution < -0.4 is 0 Å². The van der Waals surface area contributed by atoms with Gasteiger partial charge in [0.15, 0.2) is 0 Å². The van der Waals surface area contributed by atoms with Gasteiger partial charge in [-0.1, -0.05) is 30.3 Å². The lowest BCUT2D eigenvalue weighted by Crippen LogP contribution is -2.40. The van der Waals surface area contributed by atoms with Gasteiger partial charge in [-0.2, -0.15) is 0 Å². The monoisotopic (exact) mass is 191 g/mol. The smallest absolute Gasteiger partial charge is 0.108 e. The van der Waals surface area contributed by atoms with Gasteiger partial charge in [0.2, 0.25) is 0 Å². The van der Waals surface area contributed by atoms with Crippen molar-refractivity contribution in [2.45, 2.75) is 26.1 Å². The molecule has 2 heteroatoms. The second-order valence-corrected chi connectivity index (χ2v) is 3.78. The molecule has 1 saturated heterocycles. The minimum Gasteiger partial charge on any atom is -0.363 e. The molecule has 1 aliphatic rings. The van der Waals surface area contributed by atoms with Crippen molar-refractivity contribution < 1.29 is 4.74 Å². The van der Waals surface area contributed by atoms with Crippen molar-refractivity contribution in [2.24, 2.45) is 0 Å². The van der Waals surface area contributed by atoms with Crippen LogP contribution in [0.5, 0.6) is 0 Å². The Bertz CT molecular complexity index is 273. The van der Waals surface area contributed by atoms with Crippen LogP contribution in [0.2, 0.25) is 0 Å². The van der Waals surface area contributed by atoms with E-state index in [0.717, 1.165) is 26.1 Å². The minimum absolute atomic E-state index is 0.268. The zero-order valence-electron chi connectivity index (χ0n) is 8.65. The largest absolute Gasteiger partial charge is 0.363 e. The van der Waals surface area contributed by atoms with Crippen LogP contribution in [0.15, 0.2) is 30.3 Å². The number of nitrogens with zero attached hydrogens (tertiary/aromatic N) is 1. The maximum absolute atomic E-state index is 5.59. The Kier molecular flexibility index (Phi) is 3.17. The van der Waals surface area contributed by atoms with E-state index in [4.69, 9.17) is 4.74 Å². The third-order valence-corrected chi connectivity index (χ3v) is 2.69. The topological polar surface area (TPSA) is 12.5 Å². The first-order chi connectivity index (χ1) is 6.86. The van der Waals surface area contributed by atoms with Crippen molar-refractivity contribution in [1.29, 1.82) is 0 Å². The van der Waals surface area contributed by atoms with Crippen LogP contribution in [0.4, 0.5) is 0 Å². The third kappa shape index (κ3) is 2.34. The Hall–Kier alpha value is -0.860. The summed E-state index contributed by atoms with van der Waals surface area (Å²) in [5, 5.41) is 0. The molecule has 1 atom stereocenters. The Morgan fingerprint density at radius 3 is 2.86 bits per heavy atom. The fourth-order valence-electron chi connectivity index (χ4n) is 1.83. The molecule has 1 unspecified atom stereocenters. The summed E-state index contributed by atoms with van der Waals surface area (Å²) >= 11 is 0. The van der Waals surface area contributed by atoms with Gasteiger partial charge in [0.25, 0.3) is 0 Å². The molecule has 1 aromatic rings. The predicted octanol–water partition coefficient (Wildman–Crippen LogP) is 2.25. The molecule has 2 rings (SSSR count). The Morgan fingerprint density at radius 2 is 2.14 bits per heavy atom. The van der Waals surface area contributed by atoms with E-state index in [1.54, 1.807) is 0 Å². The molecule has 76 valence electrons. The summed E-state index contributed by atoms with van der Waals surface area (Å²) in [5.41, 5.74) is 1.37. The van der Waals surface area contributed by atoms with Crippen LogP contribution >= 0.6 is 0 Å². The summed E-state index contributed by atoms with van der Waals surface area (Å²) in [6.45, 7) is 5.19. The van der Waals surface area contributed by atoms with Crippen molar-refractivity contribution in [1.82, 2.24) is 4.90 Å². The van der Waals surface area contributed by atoms with Crippen molar-refractivity contribution in [2.75, 3.05) is 13.2 Å². The summed E-state index contributed by atoms with van der Waals surface area (Å²) in [6, 6.07) is 10.6. The standard InChI is InChI=1S/C12H17NO/c1-11-13(8-5-9-14-11)10-12-6-3-2-4-7-12/h2-4,6-7,11H,5,8-10H2,1H3. The molecular formula is C12H17NO. The molecule has 0 saturated carbocycles. The van der Waals surface area contributed by atoms with Crippen LogP contribution in [0.25, 0.3) is 0 Å². The molecule has 0 aliphatic carbocycles. The molecule has 1 heterocycles. The Labute approximate surface area is 85.5 Å². The molecule has 2 nitrogen and oxygen atoms in total. The van der Waals surface area contributed by atoms with E-state index < -0.39 is 0 Å². The normalized spacial score (nSPS) is 23.6. The second kappa shape index (κ2) is 4.58. The SMILES string of the molecule is CC1OCCCN1Cc1ccccc1. The number of benzene rings is 1. The van der Waals surface area contributed by atoms with Gasteiger partial charge < -0.3 is 4.74 Å². The molecule has 0 aromatic heterocycles. The number of rotatable bonds is 2. The maximum atomic E-state index is 5.59. The van der Waals surface area contributed by atoms with Crippen molar-refractivity contribution in [3.05, 3.63) is 35.9 Å². The van der Waals surface area contributed by atoms with Crippen LogP contribution in [-0.2, 0) is 11.3 Å². The zero-order valence-corrected chi connectivity index (χ0v) is 8.65. The van der Waals surface area contributed by atoms with Crippen LogP contribution in [0.3, 0.4) is 0 Å². The van der Waals surface area contributed by atoms with Gasteiger partial charge in [-0.05, 0) is 18.9 Å². The van der Waals surface area contributed by atoms with E-state index in [9.17, 15) is 0 Å². The van der Waals surface area contributed by atoms with Crippen LogP contribution in [0.1, 0.15) is 18.9 Å². The van der Waals surface area contributed by atoms with E-state index in [2.05, 4.69) is 42.2 Å². The summed E-state index contributed by atoms with van der Waals surface area (Å²) in [7, 11) is 0. The lowest BCUT2D eigenvalue weighted by Gasteiger charge is -2.33. The summed E-state index contributed by atoms with van der Waals surface area (Å²) in [6.07, 6.45) is 1.42. The highest BCUT2D eigenvalue weighted by atomic mass is 16.5. The Balaban J connectivity index is 1.96. The van der Waals surface area contributed by atoms with Gasteiger partial charge in [-0.3, -0.25) is 4.90 Å². The maximum Gasteiger partial charge on any atom is 0.108 e. The molecule has 0 N–H and O–H groups in total. The van der Waals surface area contributed by atoms with Crippen LogP contribution in [-0.4, -0.2) is 24.3 Å². The molecule has 1 aliphatic heterocycles. The first-order valence-electron chi connectivity index (χ1n) is 5.26. The molecule has 0 spiro atoms. The molecule has 14 heavy (non-hydrogen) atoms. The highest BCUT2D eigenvalue weighted by molar-refractivity contribution is 5.14. The van der Waals surface area contributed by atoms with E-state index >= 15 is 0 Å². The van der Waals surface area contributed by atoms with Gasteiger partial charge in [0, 0.05) is 19.7 Å². The summed E-state index contributed by atoms with van der Waals surface area (Å²) < 4.78 is 5.59. The van der Waals surface area contributed by atoms with Gasteiger partial charge >= 0.3 is 0 Å². The highest BCUT2D eigenvalue weighted by Gasteiger charge is 2.18. The van der Waals surface area contributed by atoms with Gasteiger partial charge in [-0.25, -0.2) is 0 Å². The van der Waals surface area contributed by atoms with Gasteiger partial charge in [-0.15, -0.1) is 0 Å². The number of hydrogen-bond donors (Lipinski definition) is 0. The lowest BCUT2D eigenvalue weighted by atomic mass is 10.2. The van der Waals surface area contributed by atoms with E-state index in [1.165, 1.54) is 5.56 Å². The Morgan fingerprint density at radius 1 is 1.36 bits per heavy atom. The van der Waals surface area contributed by atoms with E-state index in [1.807, 2.05) is 0 Å². The fourth-order valence-corrected chi connectivity index (χ4v) is 1.83. The average molecular weight is 191 g/mol. The molecule has 0 radical (unpaired) electrons. The van der Waals surface area contributed by atoms with E-state index in [0.29, 0.717) is 0 Å². The van der Waals surface area contributed by atoms with E-state index in [-0.39, 0.29) is 6.23 Å². The summed E-state index contributed by atoms with van der Waals surface area (Å²) in [5.74, 6) is 0. The average Bonchev–Trinajstić information content (AvgIpc) is 2.23. The molecule has 1 aromatic carbocycles. The summed E-state index contributed by atoms with van der Waals surface area (Å²) in [4.78, 5) is 2.37. The predicted molar refractivity (Wildman–Crippen MR) is 56.9 cm³/mol. The molecule has 1 fully saturated rings. The number of hydrogen-bond acceptors (Lipinski definition) is 2. The minimum atomic E-state index is 0.268. The highest BCUT2D eigenvalue weighted by Crippen LogP contribution is 2.13. The molecular weight excluding hydrogens is 174 g/mol. The second-order valence-electron chi connectivity index (χ2n) is 3.78. The van der Waals surface area contributed by atoms with Crippen LogP contribution in [0, 0.1) is 0 Å². The van der Waals surface area contributed by atoms with Crippen molar-refractivity contribution >= 4 is 0 Å². The van der Waals surface area contributed by atoms with Crippen molar-refractivity contribution in [3.8, 4) is 0 Å². The molecule has 0 bridgehead atoms. The zero-order chi connectivity index (χ0) is 9.80. The fraction of sp³-hybridized carbons (Fsp3) is 0.500. The van der Waals surface area contributed by atoms with Gasteiger partial charge in [0.05, 0.1) is 0 Å². The van der Waals surface area contributed by atoms with Crippen molar-refractivity contribution in [3.63, 3.8) is 0 Å². The third-order valence-electron chi connectivity index (χ3n) is 2.69. The quantitative estimate of drug-likeness (QED) is 0.711. The lowest BCUT2D eigenvalue weighted by molar-refractivity contribution is -0.0876. The van der Waals surface area contributed by atoms with Gasteiger partial charge in [0.1, 0.15) is 6.23 Å². The number of ether oxygens (including phenoxy) is 1. The molecule has 0 amide bonds. The first kappa shape index (κ1) is 9.69.